The zero-order valence-corrected chi connectivity index (χ0v) is 54.7. The zero-order valence-electron chi connectivity index (χ0n) is 54.7. The Morgan fingerprint density at radius 3 is 1.14 bits per heavy atom. The standard InChI is InChI=1S/C60H105N7O29/c1-36(2)37(71)10-3-11-47(78)67-60(33-88-27-15-44(75)64-21-7-18-61-41(72)12-4-24-91-57-54(85)51(82)48(79)38(30-68)94-57,34-89-28-16-45(76)65-22-8-19-62-42(73)13-5-25-92-58-55(86)52(83)49(80)39(31-69)95-58)35-90-29-17-46(77)66-23-9-20-63-43(74)14-6-26-93-59-56(87)53(84)50(81)40(32-70)96-59/h36,38-40,48-55,57-58,68-70,79-87H,3-35H2,1-2H3,(H,61,72)(H,62,73)(H,63,74)(H,64,75)(H,65,76)(H,66,77)(H,67,78)/t38?,39?,40?,48-,49-,50-,51?,52?,53?,54?,55?,57-,58-,60?/m1/s1. The molecule has 13 atom stereocenters. The highest BCUT2D eigenvalue weighted by Crippen LogP contribution is 2.26. The molecule has 19 N–H and O–H groups in total. The number of Topliss-reactive ketones (excluding diaryl/α,β-unsaturated/α-hetero) is 1. The second-order valence-electron chi connectivity index (χ2n) is 23.6. The predicted octanol–water partition coefficient (Wildman–Crippen LogP) is -6.85. The Balaban J connectivity index is 1.50. The van der Waals surface area contributed by atoms with Crippen molar-refractivity contribution in [3.05, 3.63) is 11.7 Å². The summed E-state index contributed by atoms with van der Waals surface area (Å²) in [4.78, 5) is 102. The molecule has 0 aromatic heterocycles. The fraction of sp³-hybridized carbons (Fsp3) is 0.833. The first-order valence-corrected chi connectivity index (χ1v) is 32.6. The highest BCUT2D eigenvalue weighted by Gasteiger charge is 2.46. The number of amides is 7. The first kappa shape index (κ1) is 84.6. The third kappa shape index (κ3) is 32.4. The van der Waals surface area contributed by atoms with Gasteiger partial charge in [-0.1, -0.05) is 13.8 Å². The molecule has 3 aliphatic heterocycles. The van der Waals surface area contributed by atoms with Gasteiger partial charge in [-0.05, 0) is 44.9 Å². The summed E-state index contributed by atoms with van der Waals surface area (Å²) in [6, 6.07) is 0. The van der Waals surface area contributed by atoms with Crippen LogP contribution < -0.4 is 37.2 Å². The number of aliphatic hydroxyl groups excluding tert-OH is 12. The molecule has 0 aromatic rings. The summed E-state index contributed by atoms with van der Waals surface area (Å²) in [5.41, 5.74) is -1.47. The summed E-state index contributed by atoms with van der Waals surface area (Å²) in [6.45, 7) is 1.25. The maximum absolute atomic E-state index is 13.6. The van der Waals surface area contributed by atoms with E-state index in [1.807, 2.05) is 0 Å². The first-order valence-electron chi connectivity index (χ1n) is 32.6. The van der Waals surface area contributed by atoms with Gasteiger partial charge in [0.2, 0.25) is 47.1 Å². The summed E-state index contributed by atoms with van der Waals surface area (Å²) < 4.78 is 49.8. The molecule has 0 spiro atoms. The van der Waals surface area contributed by atoms with Crippen molar-refractivity contribution in [2.75, 3.05) is 119 Å². The van der Waals surface area contributed by atoms with Gasteiger partial charge in [0.1, 0.15) is 72.4 Å². The van der Waals surface area contributed by atoms with Crippen LogP contribution >= 0.6 is 0 Å². The maximum atomic E-state index is 13.6. The molecule has 554 valence electrons. The molecule has 8 unspecified atom stereocenters. The molecule has 3 heterocycles. The molecule has 36 heteroatoms. The number of carbonyl (C=O) groups is 8. The van der Waals surface area contributed by atoms with Gasteiger partial charge in [0, 0.05) is 96.6 Å². The Hall–Kier alpha value is -5.62. The minimum Gasteiger partial charge on any atom is -0.504 e. The van der Waals surface area contributed by atoms with Gasteiger partial charge in [0.25, 0.3) is 0 Å². The highest BCUT2D eigenvalue weighted by atomic mass is 16.7. The van der Waals surface area contributed by atoms with Gasteiger partial charge < -0.3 is 141 Å². The minimum atomic E-state index is -1.72. The molecule has 0 aliphatic carbocycles. The summed E-state index contributed by atoms with van der Waals surface area (Å²) >= 11 is 0. The smallest absolute Gasteiger partial charge is 0.322 e. The first-order chi connectivity index (χ1) is 45.9. The van der Waals surface area contributed by atoms with Crippen molar-refractivity contribution in [3.63, 3.8) is 0 Å². The topological polar surface area (TPSA) is 547 Å². The second kappa shape index (κ2) is 47.4. The van der Waals surface area contributed by atoms with E-state index in [2.05, 4.69) is 37.2 Å². The van der Waals surface area contributed by atoms with Gasteiger partial charge in [-0.25, -0.2) is 0 Å². The third-order valence-electron chi connectivity index (χ3n) is 15.2. The average Bonchev–Trinajstić information content (AvgIpc) is 0.858. The summed E-state index contributed by atoms with van der Waals surface area (Å²) in [6.07, 6.45) is -17.2. The van der Waals surface area contributed by atoms with E-state index in [-0.39, 0.29) is 205 Å². The normalized spacial score (nSPS) is 24.8. The number of hydrogen-bond donors (Lipinski definition) is 19. The highest BCUT2D eigenvalue weighted by molar-refractivity contribution is 5.82. The zero-order chi connectivity index (χ0) is 71.0. The Labute approximate surface area is 556 Å². The van der Waals surface area contributed by atoms with Crippen molar-refractivity contribution in [1.29, 1.82) is 0 Å². The van der Waals surface area contributed by atoms with Crippen molar-refractivity contribution < 1.29 is 142 Å². The molecule has 7 amide bonds. The summed E-state index contributed by atoms with van der Waals surface area (Å²) in [7, 11) is 0. The van der Waals surface area contributed by atoms with E-state index in [9.17, 15) is 99.6 Å². The Morgan fingerprint density at radius 2 is 0.771 bits per heavy atom. The van der Waals surface area contributed by atoms with Crippen molar-refractivity contribution in [2.24, 2.45) is 5.92 Å². The Morgan fingerprint density at radius 1 is 0.417 bits per heavy atom. The van der Waals surface area contributed by atoms with Gasteiger partial charge in [0.05, 0.1) is 79.3 Å². The van der Waals surface area contributed by atoms with Crippen LogP contribution in [0, 0.1) is 5.92 Å². The summed E-state index contributed by atoms with van der Waals surface area (Å²) in [5.74, 6) is -4.20. The number of hydrogen-bond acceptors (Lipinski definition) is 29. The number of ketones is 1. The van der Waals surface area contributed by atoms with Crippen molar-refractivity contribution in [1.82, 2.24) is 37.2 Å². The van der Waals surface area contributed by atoms with Crippen molar-refractivity contribution in [3.8, 4) is 0 Å². The number of aliphatic hydroxyl groups is 12. The average molecular weight is 1390 g/mol. The lowest BCUT2D eigenvalue weighted by Crippen LogP contribution is -2.59. The lowest BCUT2D eigenvalue weighted by atomic mass is 9.99. The molecule has 3 rings (SSSR count). The molecule has 0 aromatic carbocycles. The van der Waals surface area contributed by atoms with E-state index in [0.717, 1.165) is 0 Å². The molecule has 0 radical (unpaired) electrons. The number of ether oxygens (including phenoxy) is 9. The molecule has 2 saturated heterocycles. The molecule has 96 heavy (non-hydrogen) atoms. The van der Waals surface area contributed by atoms with Crippen LogP contribution in [-0.2, 0) is 81.0 Å². The maximum Gasteiger partial charge on any atom is 0.322 e. The molecular weight excluding hydrogens is 1280 g/mol. The second-order valence-corrected chi connectivity index (χ2v) is 23.6. The van der Waals surface area contributed by atoms with Crippen LogP contribution in [0.2, 0.25) is 0 Å². The fourth-order valence-electron chi connectivity index (χ4n) is 9.44. The van der Waals surface area contributed by atoms with E-state index >= 15 is 0 Å². The fourth-order valence-corrected chi connectivity index (χ4v) is 9.44. The van der Waals surface area contributed by atoms with Crippen LogP contribution in [0.25, 0.3) is 0 Å². The monoisotopic (exact) mass is 1390 g/mol. The van der Waals surface area contributed by atoms with Gasteiger partial charge in [-0.2, -0.15) is 0 Å². The quantitative estimate of drug-likeness (QED) is 0.0252. The molecular formula is C60H105N7O29. The Bertz CT molecular complexity index is 2260. The largest absolute Gasteiger partial charge is 0.504 e. The van der Waals surface area contributed by atoms with E-state index in [0.29, 0.717) is 19.3 Å². The number of rotatable bonds is 51. The van der Waals surface area contributed by atoms with E-state index in [4.69, 9.17) is 42.6 Å². The van der Waals surface area contributed by atoms with Crippen LogP contribution in [0.15, 0.2) is 11.7 Å². The van der Waals surface area contributed by atoms with Crippen molar-refractivity contribution >= 4 is 47.1 Å². The van der Waals surface area contributed by atoms with E-state index in [1.165, 1.54) is 0 Å². The van der Waals surface area contributed by atoms with Gasteiger partial charge in [-0.3, -0.25) is 38.4 Å². The van der Waals surface area contributed by atoms with Crippen LogP contribution in [0.1, 0.15) is 110 Å². The molecule has 0 bridgehead atoms. The van der Waals surface area contributed by atoms with E-state index < -0.39 is 140 Å². The number of nitrogens with one attached hydrogen (secondary N) is 7. The van der Waals surface area contributed by atoms with Gasteiger partial charge in [0.15, 0.2) is 18.7 Å². The lowest BCUT2D eigenvalue weighted by Gasteiger charge is -2.39. The number of carbonyl (C=O) groups excluding carboxylic acids is 8. The predicted molar refractivity (Wildman–Crippen MR) is 330 cm³/mol. The van der Waals surface area contributed by atoms with Crippen LogP contribution in [0.4, 0.5) is 0 Å². The van der Waals surface area contributed by atoms with Gasteiger partial charge in [-0.15, -0.1) is 0 Å². The van der Waals surface area contributed by atoms with Gasteiger partial charge >= 0.3 is 5.95 Å². The molecule has 2 fully saturated rings. The Kier molecular flexibility index (Phi) is 41.8. The minimum absolute atomic E-state index is 0.0118. The molecule has 0 saturated carbocycles. The van der Waals surface area contributed by atoms with Crippen LogP contribution in [0.3, 0.4) is 0 Å². The van der Waals surface area contributed by atoms with E-state index in [1.54, 1.807) is 13.8 Å². The molecule has 3 aliphatic rings. The molecule has 36 nitrogen and oxygen atoms in total. The summed E-state index contributed by atoms with van der Waals surface area (Å²) in [5, 5.41) is 137. The third-order valence-corrected chi connectivity index (χ3v) is 15.2. The van der Waals surface area contributed by atoms with Crippen LogP contribution in [0.5, 0.6) is 0 Å². The SMILES string of the molecule is CC(C)C(=O)CCCC(=O)NC(COCCC(=O)NCCCNC(=O)CCCOC1=C(O)C(O)[C@H](O)C(CO)O1)(COCCC(=O)NCCCNC(=O)CCCO[C@@H]1OC(CO)[C@@H](O)C(O)C1O)COCCC(=O)NCCCNC(=O)CCCO[C@@H]1OC(CO)[C@@H](O)C(O)C1O. The van der Waals surface area contributed by atoms with Crippen molar-refractivity contribution in [2.45, 2.75) is 195 Å². The lowest BCUT2D eigenvalue weighted by molar-refractivity contribution is -0.301. The van der Waals surface area contributed by atoms with Crippen LogP contribution in [-0.4, -0.2) is 312 Å².